The number of nitrogens with zero attached hydrogens (tertiary/aromatic N) is 2. The maximum atomic E-state index is 12.9. The van der Waals surface area contributed by atoms with Crippen molar-refractivity contribution in [3.63, 3.8) is 0 Å². The highest BCUT2D eigenvalue weighted by molar-refractivity contribution is 7.80. The summed E-state index contributed by atoms with van der Waals surface area (Å²) in [6.45, 7) is 6.79. The molecule has 6 nitrogen and oxygen atoms in total. The lowest BCUT2D eigenvalue weighted by Gasteiger charge is -2.56. The van der Waals surface area contributed by atoms with E-state index in [2.05, 4.69) is 15.5 Å². The number of nitrogens with one attached hydrogen (secondary N) is 2. The standard InChI is InChI=1S/C27H37ClN4O2S/c1-17(2)25(34)32-7-5-31(6-8-32)23-4-3-21(12-22(23)28)29-26(35)30-24(33)16-27-13-18-9-19(14-27)11-20(10-18)15-27/h3-4,12,17-20H,5-11,13-16H2,1-2H3,(H2,29,30,33,35). The fourth-order valence-electron chi connectivity index (χ4n) is 7.55. The summed E-state index contributed by atoms with van der Waals surface area (Å²) >= 11 is 12.1. The highest BCUT2D eigenvalue weighted by Gasteiger charge is 2.51. The molecule has 1 aliphatic heterocycles. The number of amides is 2. The van der Waals surface area contributed by atoms with Crippen molar-refractivity contribution in [3.05, 3.63) is 23.2 Å². The topological polar surface area (TPSA) is 64.7 Å². The largest absolute Gasteiger partial charge is 0.367 e. The van der Waals surface area contributed by atoms with Crippen molar-refractivity contribution >= 4 is 52.1 Å². The first kappa shape index (κ1) is 24.8. The SMILES string of the molecule is CC(C)C(=O)N1CCN(c2ccc(NC(=S)NC(=O)CC34CC5CC(CC(C5)C3)C4)cc2Cl)CC1. The van der Waals surface area contributed by atoms with E-state index < -0.39 is 0 Å². The Hall–Kier alpha value is -1.86. The second-order valence-electron chi connectivity index (χ2n) is 11.7. The van der Waals surface area contributed by atoms with E-state index >= 15 is 0 Å². The number of thiocarbonyl (C=S) groups is 1. The molecule has 1 saturated heterocycles. The zero-order valence-corrected chi connectivity index (χ0v) is 22.4. The molecule has 4 aliphatic carbocycles. The van der Waals surface area contributed by atoms with Crippen LogP contribution in [-0.2, 0) is 9.59 Å². The number of carbonyl (C=O) groups is 2. The van der Waals surface area contributed by atoms with Crippen LogP contribution in [0.25, 0.3) is 0 Å². The summed E-state index contributed by atoms with van der Waals surface area (Å²) in [5.41, 5.74) is 1.90. The summed E-state index contributed by atoms with van der Waals surface area (Å²) in [7, 11) is 0. The van der Waals surface area contributed by atoms with Crippen molar-refractivity contribution in [2.24, 2.45) is 29.1 Å². The molecule has 6 rings (SSSR count). The Morgan fingerprint density at radius 2 is 1.66 bits per heavy atom. The first-order valence-corrected chi connectivity index (χ1v) is 13.9. The summed E-state index contributed by atoms with van der Waals surface area (Å²) in [5, 5.41) is 7.00. The lowest BCUT2D eigenvalue weighted by Crippen LogP contribution is -2.50. The van der Waals surface area contributed by atoms with Gasteiger partial charge in [-0.15, -0.1) is 0 Å². The first-order chi connectivity index (χ1) is 16.7. The number of anilines is 2. The summed E-state index contributed by atoms with van der Waals surface area (Å²) < 4.78 is 0. The van der Waals surface area contributed by atoms with Crippen molar-refractivity contribution in [1.29, 1.82) is 0 Å². The lowest BCUT2D eigenvalue weighted by molar-refractivity contribution is -0.134. The van der Waals surface area contributed by atoms with Gasteiger partial charge in [0.2, 0.25) is 11.8 Å². The molecule has 5 aliphatic rings. The molecule has 35 heavy (non-hydrogen) atoms. The molecule has 4 bridgehead atoms. The van der Waals surface area contributed by atoms with Crippen molar-refractivity contribution in [2.75, 3.05) is 36.4 Å². The van der Waals surface area contributed by atoms with E-state index in [9.17, 15) is 9.59 Å². The Balaban J connectivity index is 1.12. The highest BCUT2D eigenvalue weighted by Crippen LogP contribution is 2.61. The number of halogens is 1. The monoisotopic (exact) mass is 516 g/mol. The van der Waals surface area contributed by atoms with E-state index in [1.54, 1.807) is 0 Å². The van der Waals surface area contributed by atoms with Crippen LogP contribution in [0.4, 0.5) is 11.4 Å². The van der Waals surface area contributed by atoms with Gasteiger partial charge in [0.1, 0.15) is 0 Å². The van der Waals surface area contributed by atoms with Crippen LogP contribution in [-0.4, -0.2) is 48.0 Å². The second-order valence-corrected chi connectivity index (χ2v) is 12.5. The van der Waals surface area contributed by atoms with Gasteiger partial charge in [0.25, 0.3) is 0 Å². The average molecular weight is 517 g/mol. The average Bonchev–Trinajstić information content (AvgIpc) is 2.77. The van der Waals surface area contributed by atoms with Crippen LogP contribution in [0.1, 0.15) is 58.8 Å². The molecule has 0 spiro atoms. The number of carbonyl (C=O) groups excluding carboxylic acids is 2. The van der Waals surface area contributed by atoms with Crippen molar-refractivity contribution in [1.82, 2.24) is 10.2 Å². The van der Waals surface area contributed by atoms with E-state index in [-0.39, 0.29) is 23.1 Å². The fourth-order valence-corrected chi connectivity index (χ4v) is 8.09. The maximum absolute atomic E-state index is 12.9. The third kappa shape index (κ3) is 5.46. The van der Waals surface area contributed by atoms with Gasteiger partial charge in [-0.2, -0.15) is 0 Å². The molecule has 2 amide bonds. The minimum absolute atomic E-state index is 0.0207. The van der Waals surface area contributed by atoms with Gasteiger partial charge >= 0.3 is 0 Å². The minimum atomic E-state index is 0.0207. The highest BCUT2D eigenvalue weighted by atomic mass is 35.5. The quantitative estimate of drug-likeness (QED) is 0.535. The maximum Gasteiger partial charge on any atom is 0.226 e. The molecule has 1 aromatic rings. The van der Waals surface area contributed by atoms with E-state index in [0.29, 0.717) is 29.6 Å². The van der Waals surface area contributed by atoms with Crippen LogP contribution in [0, 0.1) is 29.1 Å². The van der Waals surface area contributed by atoms with Crippen molar-refractivity contribution in [2.45, 2.75) is 58.8 Å². The van der Waals surface area contributed by atoms with Crippen LogP contribution in [0.5, 0.6) is 0 Å². The van der Waals surface area contributed by atoms with Gasteiger partial charge in [-0.05, 0) is 92.1 Å². The molecule has 0 unspecified atom stereocenters. The minimum Gasteiger partial charge on any atom is -0.367 e. The van der Waals surface area contributed by atoms with Gasteiger partial charge in [0.15, 0.2) is 5.11 Å². The van der Waals surface area contributed by atoms with Gasteiger partial charge in [-0.3, -0.25) is 9.59 Å². The van der Waals surface area contributed by atoms with Crippen LogP contribution < -0.4 is 15.5 Å². The number of benzene rings is 1. The predicted molar refractivity (Wildman–Crippen MR) is 145 cm³/mol. The van der Waals surface area contributed by atoms with Gasteiger partial charge in [0, 0.05) is 44.2 Å². The predicted octanol–water partition coefficient (Wildman–Crippen LogP) is 5.06. The van der Waals surface area contributed by atoms with Gasteiger partial charge < -0.3 is 20.4 Å². The van der Waals surface area contributed by atoms with E-state index in [1.807, 2.05) is 36.9 Å². The molecule has 0 atom stereocenters. The normalized spacial score (nSPS) is 29.4. The third-order valence-corrected chi connectivity index (χ3v) is 9.09. The Labute approximate surface area is 219 Å². The zero-order valence-electron chi connectivity index (χ0n) is 20.8. The van der Waals surface area contributed by atoms with Gasteiger partial charge in [-0.25, -0.2) is 0 Å². The molecule has 5 fully saturated rings. The smallest absolute Gasteiger partial charge is 0.226 e. The Morgan fingerprint density at radius 3 is 2.20 bits per heavy atom. The number of piperazine rings is 1. The molecule has 8 heteroatoms. The molecule has 4 saturated carbocycles. The van der Waals surface area contributed by atoms with Crippen LogP contribution in [0.3, 0.4) is 0 Å². The zero-order chi connectivity index (χ0) is 24.7. The molecular weight excluding hydrogens is 480 g/mol. The van der Waals surface area contributed by atoms with Crippen molar-refractivity contribution in [3.8, 4) is 0 Å². The lowest BCUT2D eigenvalue weighted by atomic mass is 9.49. The molecule has 1 aromatic carbocycles. The molecule has 1 heterocycles. The third-order valence-electron chi connectivity index (χ3n) is 8.59. The fraction of sp³-hybridized carbons (Fsp3) is 0.667. The van der Waals surface area contributed by atoms with Crippen LogP contribution in [0.2, 0.25) is 5.02 Å². The Morgan fingerprint density at radius 1 is 1.06 bits per heavy atom. The summed E-state index contributed by atoms with van der Waals surface area (Å²) in [5.74, 6) is 2.75. The molecule has 0 aromatic heterocycles. The molecule has 190 valence electrons. The number of hydrogen-bond acceptors (Lipinski definition) is 4. The summed E-state index contributed by atoms with van der Waals surface area (Å²) in [6.07, 6.45) is 8.36. The molecular formula is C27H37ClN4O2S. The van der Waals surface area contributed by atoms with E-state index in [4.69, 9.17) is 23.8 Å². The molecule has 2 N–H and O–H groups in total. The number of rotatable bonds is 5. The molecule has 0 radical (unpaired) electrons. The van der Waals surface area contributed by atoms with E-state index in [1.165, 1.54) is 38.5 Å². The number of hydrogen-bond donors (Lipinski definition) is 2. The Kier molecular flexibility index (Phi) is 7.01. The van der Waals surface area contributed by atoms with E-state index in [0.717, 1.165) is 42.2 Å². The Bertz CT molecular complexity index is 970. The first-order valence-electron chi connectivity index (χ1n) is 13.1. The summed E-state index contributed by atoms with van der Waals surface area (Å²) in [4.78, 5) is 29.3. The second kappa shape index (κ2) is 9.89. The van der Waals surface area contributed by atoms with Gasteiger partial charge in [0.05, 0.1) is 10.7 Å². The van der Waals surface area contributed by atoms with Crippen molar-refractivity contribution < 1.29 is 9.59 Å². The van der Waals surface area contributed by atoms with Crippen LogP contribution >= 0.6 is 23.8 Å². The van der Waals surface area contributed by atoms with Gasteiger partial charge in [-0.1, -0.05) is 25.4 Å². The summed E-state index contributed by atoms with van der Waals surface area (Å²) in [6, 6.07) is 5.76. The van der Waals surface area contributed by atoms with Crippen LogP contribution in [0.15, 0.2) is 18.2 Å².